The summed E-state index contributed by atoms with van der Waals surface area (Å²) in [4.78, 5) is 0.155. The molecule has 0 aliphatic rings. The summed E-state index contributed by atoms with van der Waals surface area (Å²) in [6.07, 6.45) is 0. The zero-order valence-corrected chi connectivity index (χ0v) is 13.2. The maximum Gasteiger partial charge on any atom is 0.339 e. The molecule has 0 amide bonds. The van der Waals surface area contributed by atoms with Gasteiger partial charge in [0.05, 0.1) is 0 Å². The molecule has 22 heavy (non-hydrogen) atoms. The molecule has 0 saturated carbocycles. The van der Waals surface area contributed by atoms with Crippen LogP contribution in [0, 0.1) is 13.8 Å². The maximum atomic E-state index is 12.4. The summed E-state index contributed by atoms with van der Waals surface area (Å²) in [6.45, 7) is 3.89. The number of benzene rings is 3. The summed E-state index contributed by atoms with van der Waals surface area (Å²) in [5.41, 5.74) is 2.08. The Hall–Kier alpha value is -2.33. The summed E-state index contributed by atoms with van der Waals surface area (Å²) in [5, 5.41) is 1.78. The van der Waals surface area contributed by atoms with Gasteiger partial charge in [0.25, 0.3) is 0 Å². The molecule has 0 fully saturated rings. The third kappa shape index (κ3) is 2.70. The van der Waals surface area contributed by atoms with Crippen molar-refractivity contribution in [3.8, 4) is 5.75 Å². The van der Waals surface area contributed by atoms with Crippen molar-refractivity contribution < 1.29 is 12.6 Å². The summed E-state index contributed by atoms with van der Waals surface area (Å²) in [6, 6.07) is 17.8. The van der Waals surface area contributed by atoms with E-state index in [2.05, 4.69) is 0 Å². The van der Waals surface area contributed by atoms with Gasteiger partial charge in [-0.05, 0) is 43.0 Å². The second kappa shape index (κ2) is 5.46. The molecular formula is C18H16O3S. The fraction of sp³-hybridized carbons (Fsp3) is 0.111. The molecule has 0 atom stereocenters. The van der Waals surface area contributed by atoms with Crippen LogP contribution in [-0.2, 0) is 10.1 Å². The van der Waals surface area contributed by atoms with Gasteiger partial charge in [0.15, 0.2) is 5.75 Å². The molecular weight excluding hydrogens is 296 g/mol. The topological polar surface area (TPSA) is 43.4 Å². The van der Waals surface area contributed by atoms with Crippen molar-refractivity contribution >= 4 is 20.9 Å². The highest BCUT2D eigenvalue weighted by atomic mass is 32.2. The van der Waals surface area contributed by atoms with Gasteiger partial charge in [-0.25, -0.2) is 0 Å². The van der Waals surface area contributed by atoms with Crippen LogP contribution in [-0.4, -0.2) is 8.42 Å². The van der Waals surface area contributed by atoms with E-state index in [1.165, 1.54) is 0 Å². The molecule has 0 N–H and O–H groups in total. The molecule has 3 rings (SSSR count). The lowest BCUT2D eigenvalue weighted by molar-refractivity contribution is 0.488. The van der Waals surface area contributed by atoms with E-state index >= 15 is 0 Å². The average Bonchev–Trinajstić information content (AvgIpc) is 2.51. The fourth-order valence-electron chi connectivity index (χ4n) is 2.37. The smallest absolute Gasteiger partial charge is 0.339 e. The molecule has 3 nitrogen and oxygen atoms in total. The molecule has 3 aromatic carbocycles. The largest absolute Gasteiger partial charge is 0.378 e. The lowest BCUT2D eigenvalue weighted by atomic mass is 10.1. The van der Waals surface area contributed by atoms with E-state index in [4.69, 9.17) is 4.18 Å². The minimum atomic E-state index is -3.83. The summed E-state index contributed by atoms with van der Waals surface area (Å²) in [7, 11) is -3.83. The van der Waals surface area contributed by atoms with Crippen LogP contribution in [0.25, 0.3) is 10.8 Å². The van der Waals surface area contributed by atoms with Crippen molar-refractivity contribution in [2.24, 2.45) is 0 Å². The van der Waals surface area contributed by atoms with Crippen molar-refractivity contribution in [2.45, 2.75) is 18.7 Å². The van der Waals surface area contributed by atoms with Gasteiger partial charge in [-0.2, -0.15) is 8.42 Å². The van der Waals surface area contributed by atoms with E-state index in [1.807, 2.05) is 44.2 Å². The zero-order valence-electron chi connectivity index (χ0n) is 12.4. The van der Waals surface area contributed by atoms with E-state index in [0.717, 1.165) is 21.9 Å². The van der Waals surface area contributed by atoms with Crippen LogP contribution in [0.3, 0.4) is 0 Å². The average molecular weight is 312 g/mol. The predicted octanol–water partition coefficient (Wildman–Crippen LogP) is 4.22. The number of aryl methyl sites for hydroxylation is 2. The summed E-state index contributed by atoms with van der Waals surface area (Å²) in [5.74, 6) is 0.349. The highest BCUT2D eigenvalue weighted by Crippen LogP contribution is 2.30. The van der Waals surface area contributed by atoms with Gasteiger partial charge in [-0.1, -0.05) is 48.0 Å². The molecule has 0 heterocycles. The van der Waals surface area contributed by atoms with Gasteiger partial charge in [-0.3, -0.25) is 0 Å². The molecule has 0 radical (unpaired) electrons. The van der Waals surface area contributed by atoms with Crippen LogP contribution < -0.4 is 4.18 Å². The Labute approximate surface area is 130 Å². The van der Waals surface area contributed by atoms with Crippen LogP contribution in [0.15, 0.2) is 65.6 Å². The second-order valence-corrected chi connectivity index (χ2v) is 6.82. The van der Waals surface area contributed by atoms with Crippen LogP contribution in [0.1, 0.15) is 11.1 Å². The molecule has 112 valence electrons. The van der Waals surface area contributed by atoms with E-state index < -0.39 is 10.1 Å². The molecule has 0 spiro atoms. The molecule has 0 aromatic heterocycles. The molecule has 0 bridgehead atoms. The minimum absolute atomic E-state index is 0.155. The van der Waals surface area contributed by atoms with Crippen molar-refractivity contribution in [1.29, 1.82) is 0 Å². The number of hydrogen-bond donors (Lipinski definition) is 0. The molecule has 3 aromatic rings. The molecule has 0 saturated heterocycles. The van der Waals surface area contributed by atoms with E-state index in [1.54, 1.807) is 30.3 Å². The van der Waals surface area contributed by atoms with Gasteiger partial charge >= 0.3 is 10.1 Å². The van der Waals surface area contributed by atoms with Crippen molar-refractivity contribution in [3.05, 3.63) is 71.8 Å². The first-order chi connectivity index (χ1) is 10.5. The standard InChI is InChI=1S/C18H16O3S/c1-13-7-10-15(11-8-13)22(19,20)21-18-12-9-14(2)16-5-3-4-6-17(16)18/h3-12H,1-2H3. The number of fused-ring (bicyclic) bond motifs is 1. The van der Waals surface area contributed by atoms with Crippen LogP contribution >= 0.6 is 0 Å². The Kier molecular flexibility index (Phi) is 3.62. The number of rotatable bonds is 3. The lowest BCUT2D eigenvalue weighted by Crippen LogP contribution is -2.10. The van der Waals surface area contributed by atoms with Gasteiger partial charge in [0.1, 0.15) is 4.90 Å². The second-order valence-electron chi connectivity index (χ2n) is 5.28. The molecule has 0 unspecified atom stereocenters. The summed E-state index contributed by atoms with van der Waals surface area (Å²) >= 11 is 0. The lowest BCUT2D eigenvalue weighted by Gasteiger charge is -2.11. The molecule has 4 heteroatoms. The van der Waals surface area contributed by atoms with Crippen LogP contribution in [0.5, 0.6) is 5.75 Å². The minimum Gasteiger partial charge on any atom is -0.378 e. The van der Waals surface area contributed by atoms with Crippen LogP contribution in [0.2, 0.25) is 0 Å². The Morgan fingerprint density at radius 2 is 1.41 bits per heavy atom. The maximum absolute atomic E-state index is 12.4. The summed E-state index contributed by atoms with van der Waals surface area (Å²) < 4.78 is 30.2. The van der Waals surface area contributed by atoms with Crippen LogP contribution in [0.4, 0.5) is 0 Å². The van der Waals surface area contributed by atoms with E-state index in [-0.39, 0.29) is 4.90 Å². The quantitative estimate of drug-likeness (QED) is 0.680. The highest BCUT2D eigenvalue weighted by Gasteiger charge is 2.18. The first kappa shape index (κ1) is 14.6. The zero-order chi connectivity index (χ0) is 15.7. The Bertz CT molecular complexity index is 926. The third-order valence-electron chi connectivity index (χ3n) is 3.61. The third-order valence-corrected chi connectivity index (χ3v) is 4.86. The highest BCUT2D eigenvalue weighted by molar-refractivity contribution is 7.87. The van der Waals surface area contributed by atoms with E-state index in [9.17, 15) is 8.42 Å². The molecule has 0 aliphatic carbocycles. The fourth-order valence-corrected chi connectivity index (χ4v) is 3.31. The Morgan fingerprint density at radius 3 is 2.09 bits per heavy atom. The first-order valence-corrected chi connectivity index (χ1v) is 8.38. The SMILES string of the molecule is Cc1ccc(S(=O)(=O)Oc2ccc(C)c3ccccc23)cc1. The van der Waals surface area contributed by atoms with Gasteiger partial charge < -0.3 is 4.18 Å². The van der Waals surface area contributed by atoms with Gasteiger partial charge in [0.2, 0.25) is 0 Å². The van der Waals surface area contributed by atoms with Gasteiger partial charge in [-0.15, -0.1) is 0 Å². The van der Waals surface area contributed by atoms with Crippen molar-refractivity contribution in [1.82, 2.24) is 0 Å². The van der Waals surface area contributed by atoms with Crippen molar-refractivity contribution in [2.75, 3.05) is 0 Å². The Morgan fingerprint density at radius 1 is 0.773 bits per heavy atom. The van der Waals surface area contributed by atoms with E-state index in [0.29, 0.717) is 5.75 Å². The monoisotopic (exact) mass is 312 g/mol. The normalized spacial score (nSPS) is 11.5. The first-order valence-electron chi connectivity index (χ1n) is 6.97. The van der Waals surface area contributed by atoms with Gasteiger partial charge in [0, 0.05) is 5.39 Å². The van der Waals surface area contributed by atoms with Crippen molar-refractivity contribution in [3.63, 3.8) is 0 Å². The Balaban J connectivity index is 2.06. The number of hydrogen-bond acceptors (Lipinski definition) is 3. The molecule has 0 aliphatic heterocycles. The predicted molar refractivity (Wildman–Crippen MR) is 87.7 cm³/mol.